The van der Waals surface area contributed by atoms with Gasteiger partial charge in [0.05, 0.1) is 11.0 Å². The first kappa shape index (κ1) is 16.7. The summed E-state index contributed by atoms with van der Waals surface area (Å²) in [7, 11) is 0. The fourth-order valence-corrected chi connectivity index (χ4v) is 4.44. The number of ketones is 1. The van der Waals surface area contributed by atoms with Gasteiger partial charge in [-0.05, 0) is 52.9 Å². The molecule has 0 radical (unpaired) electrons. The Morgan fingerprint density at radius 2 is 1.75 bits per heavy atom. The second-order valence-electron chi connectivity index (χ2n) is 7.30. The Bertz CT molecular complexity index is 1160. The van der Waals surface area contributed by atoms with Crippen molar-refractivity contribution in [1.29, 1.82) is 0 Å². The lowest BCUT2D eigenvalue weighted by atomic mass is 9.77. The Labute approximate surface area is 161 Å². The molecule has 1 aliphatic heterocycles. The molecule has 1 unspecified atom stereocenters. The number of non-ortho nitro benzene ring substituents is 1. The topological polar surface area (TPSA) is 72.2 Å². The highest BCUT2D eigenvalue weighted by atomic mass is 16.6. The second-order valence-corrected chi connectivity index (χ2v) is 7.30. The molecule has 3 aromatic carbocycles. The van der Waals surface area contributed by atoms with Crippen LogP contribution in [0, 0.1) is 10.1 Å². The minimum Gasteiger partial charge on any atom is -0.373 e. The van der Waals surface area contributed by atoms with Crippen LogP contribution in [0.15, 0.2) is 66.2 Å². The van der Waals surface area contributed by atoms with E-state index >= 15 is 0 Å². The van der Waals surface area contributed by atoms with Gasteiger partial charge in [0.15, 0.2) is 5.78 Å². The second kappa shape index (κ2) is 6.30. The van der Waals surface area contributed by atoms with Gasteiger partial charge in [-0.2, -0.15) is 0 Å². The zero-order valence-electron chi connectivity index (χ0n) is 15.1. The summed E-state index contributed by atoms with van der Waals surface area (Å²) in [6.07, 6.45) is 2.27. The molecule has 0 saturated carbocycles. The molecule has 138 valence electrons. The van der Waals surface area contributed by atoms with Gasteiger partial charge in [0.1, 0.15) is 0 Å². The van der Waals surface area contributed by atoms with Gasteiger partial charge >= 0.3 is 0 Å². The summed E-state index contributed by atoms with van der Waals surface area (Å²) in [6, 6.07) is 18.6. The van der Waals surface area contributed by atoms with E-state index in [9.17, 15) is 14.9 Å². The van der Waals surface area contributed by atoms with Crippen LogP contribution in [0.3, 0.4) is 0 Å². The summed E-state index contributed by atoms with van der Waals surface area (Å²) < 4.78 is 0. The largest absolute Gasteiger partial charge is 0.373 e. The SMILES string of the molecule is O=C1CCCC2=C1C(c1ccc([N+](=O)[O-])cc1)Nc1ccc3ccccc3c12. The lowest BCUT2D eigenvalue weighted by Gasteiger charge is -2.35. The predicted octanol–water partition coefficient (Wildman–Crippen LogP) is 5.42. The fourth-order valence-electron chi connectivity index (χ4n) is 4.44. The monoisotopic (exact) mass is 370 g/mol. The molecule has 5 heteroatoms. The van der Waals surface area contributed by atoms with E-state index in [0.717, 1.165) is 51.6 Å². The molecule has 1 N–H and O–H groups in total. The van der Waals surface area contributed by atoms with Gasteiger partial charge in [0.25, 0.3) is 5.69 Å². The molecule has 3 aromatic rings. The lowest BCUT2D eigenvalue weighted by Crippen LogP contribution is -2.27. The van der Waals surface area contributed by atoms with E-state index in [-0.39, 0.29) is 17.5 Å². The number of rotatable bonds is 2. The summed E-state index contributed by atoms with van der Waals surface area (Å²) in [5.74, 6) is 0.163. The number of nitro benzene ring substituents is 1. The number of hydrogen-bond donors (Lipinski definition) is 1. The third-order valence-corrected chi connectivity index (χ3v) is 5.71. The summed E-state index contributed by atoms with van der Waals surface area (Å²) in [6.45, 7) is 0. The van der Waals surface area contributed by atoms with Crippen LogP contribution in [-0.4, -0.2) is 10.7 Å². The number of nitro groups is 1. The molecule has 0 bridgehead atoms. The Hall–Kier alpha value is -3.47. The number of fused-ring (bicyclic) bond motifs is 4. The molecule has 1 aliphatic carbocycles. The average molecular weight is 370 g/mol. The van der Waals surface area contributed by atoms with Crippen molar-refractivity contribution in [1.82, 2.24) is 0 Å². The molecule has 5 nitrogen and oxygen atoms in total. The molecular weight excluding hydrogens is 352 g/mol. The van der Waals surface area contributed by atoms with Crippen molar-refractivity contribution in [3.05, 3.63) is 87.5 Å². The van der Waals surface area contributed by atoms with Gasteiger partial charge in [-0.3, -0.25) is 14.9 Å². The first-order valence-electron chi connectivity index (χ1n) is 9.43. The fraction of sp³-hybridized carbons (Fsp3) is 0.174. The number of carbonyl (C=O) groups excluding carboxylic acids is 1. The average Bonchev–Trinajstić information content (AvgIpc) is 2.73. The maximum Gasteiger partial charge on any atom is 0.269 e. The number of Topliss-reactive ketones (excluding diaryl/α,β-unsaturated/α-hetero) is 1. The van der Waals surface area contributed by atoms with Crippen molar-refractivity contribution in [3.63, 3.8) is 0 Å². The lowest BCUT2D eigenvalue weighted by molar-refractivity contribution is -0.384. The van der Waals surface area contributed by atoms with E-state index in [0.29, 0.717) is 6.42 Å². The third-order valence-electron chi connectivity index (χ3n) is 5.71. The summed E-state index contributed by atoms with van der Waals surface area (Å²) in [5, 5.41) is 16.8. The van der Waals surface area contributed by atoms with E-state index in [1.807, 2.05) is 12.1 Å². The van der Waals surface area contributed by atoms with Crippen LogP contribution in [0.4, 0.5) is 11.4 Å². The Morgan fingerprint density at radius 1 is 0.964 bits per heavy atom. The standard InChI is InChI=1S/C23H18N2O3/c26-20-7-3-6-18-21-17-5-2-1-4-14(17)10-13-19(21)24-23(22(18)20)15-8-11-16(12-9-15)25(27)28/h1-2,4-5,8-13,23-24H,3,6-7H2. The minimum absolute atomic E-state index is 0.0510. The molecule has 0 fully saturated rings. The number of carbonyl (C=O) groups is 1. The summed E-state index contributed by atoms with van der Waals surface area (Å²) in [5.41, 5.74) is 4.98. The van der Waals surface area contributed by atoms with Crippen LogP contribution in [-0.2, 0) is 4.79 Å². The number of allylic oxidation sites excluding steroid dienone is 1. The quantitative estimate of drug-likeness (QED) is 0.483. The van der Waals surface area contributed by atoms with Gasteiger partial charge in [-0.25, -0.2) is 0 Å². The van der Waals surface area contributed by atoms with Crippen LogP contribution in [0.5, 0.6) is 0 Å². The van der Waals surface area contributed by atoms with Gasteiger partial charge in [-0.1, -0.05) is 30.3 Å². The molecule has 28 heavy (non-hydrogen) atoms. The predicted molar refractivity (Wildman–Crippen MR) is 109 cm³/mol. The van der Waals surface area contributed by atoms with E-state index in [4.69, 9.17) is 0 Å². The van der Waals surface area contributed by atoms with Crippen molar-refractivity contribution in [3.8, 4) is 0 Å². The number of anilines is 1. The summed E-state index contributed by atoms with van der Waals surface area (Å²) >= 11 is 0. The Morgan fingerprint density at radius 3 is 2.54 bits per heavy atom. The zero-order chi connectivity index (χ0) is 19.3. The van der Waals surface area contributed by atoms with Crippen molar-refractivity contribution >= 4 is 33.5 Å². The van der Waals surface area contributed by atoms with Gasteiger partial charge in [0, 0.05) is 35.4 Å². The van der Waals surface area contributed by atoms with E-state index in [1.54, 1.807) is 12.1 Å². The normalized spacial score (nSPS) is 18.4. The Kier molecular flexibility index (Phi) is 3.76. The smallest absolute Gasteiger partial charge is 0.269 e. The molecule has 1 heterocycles. The highest BCUT2D eigenvalue weighted by molar-refractivity contribution is 6.12. The highest BCUT2D eigenvalue weighted by Crippen LogP contribution is 2.47. The van der Waals surface area contributed by atoms with E-state index in [2.05, 4.69) is 29.6 Å². The van der Waals surface area contributed by atoms with Crippen LogP contribution >= 0.6 is 0 Å². The molecule has 0 spiro atoms. The highest BCUT2D eigenvalue weighted by Gasteiger charge is 2.34. The van der Waals surface area contributed by atoms with Gasteiger partial charge in [0.2, 0.25) is 0 Å². The van der Waals surface area contributed by atoms with E-state index < -0.39 is 4.92 Å². The minimum atomic E-state index is -0.407. The Balaban J connectivity index is 1.72. The molecular formula is C23H18N2O3. The zero-order valence-corrected chi connectivity index (χ0v) is 15.1. The number of benzene rings is 3. The molecule has 0 aromatic heterocycles. The van der Waals surface area contributed by atoms with Crippen LogP contribution < -0.4 is 5.32 Å². The van der Waals surface area contributed by atoms with Crippen molar-refractivity contribution in [2.45, 2.75) is 25.3 Å². The number of nitrogens with zero attached hydrogens (tertiary/aromatic N) is 1. The van der Waals surface area contributed by atoms with Crippen molar-refractivity contribution in [2.75, 3.05) is 5.32 Å². The first-order chi connectivity index (χ1) is 13.6. The molecule has 0 amide bonds. The first-order valence-corrected chi connectivity index (χ1v) is 9.43. The summed E-state index contributed by atoms with van der Waals surface area (Å²) in [4.78, 5) is 23.5. The molecule has 1 atom stereocenters. The molecule has 5 rings (SSSR count). The maximum absolute atomic E-state index is 12.9. The third kappa shape index (κ3) is 2.51. The van der Waals surface area contributed by atoms with Crippen molar-refractivity contribution in [2.24, 2.45) is 0 Å². The van der Waals surface area contributed by atoms with E-state index in [1.165, 1.54) is 12.1 Å². The van der Waals surface area contributed by atoms with Gasteiger partial charge in [-0.15, -0.1) is 0 Å². The molecule has 2 aliphatic rings. The van der Waals surface area contributed by atoms with Crippen LogP contribution in [0.2, 0.25) is 0 Å². The number of hydrogen-bond acceptors (Lipinski definition) is 4. The van der Waals surface area contributed by atoms with Crippen LogP contribution in [0.25, 0.3) is 16.3 Å². The molecule has 0 saturated heterocycles. The number of nitrogens with one attached hydrogen (secondary N) is 1. The maximum atomic E-state index is 12.9. The van der Waals surface area contributed by atoms with Gasteiger partial charge < -0.3 is 5.32 Å². The van der Waals surface area contributed by atoms with Crippen LogP contribution in [0.1, 0.15) is 36.4 Å². The van der Waals surface area contributed by atoms with Crippen molar-refractivity contribution < 1.29 is 9.72 Å².